The summed E-state index contributed by atoms with van der Waals surface area (Å²) >= 11 is 0. The second-order valence-electron chi connectivity index (χ2n) is 4.29. The molecule has 7 nitrogen and oxygen atoms in total. The lowest BCUT2D eigenvalue weighted by Gasteiger charge is -2.03. The third-order valence-corrected chi connectivity index (χ3v) is 2.53. The quantitative estimate of drug-likeness (QED) is 0.610. The molecule has 0 saturated carbocycles. The molecule has 0 N–H and O–H groups in total. The topological polar surface area (TPSA) is 83.1 Å². The smallest absolute Gasteiger partial charge is 0.350 e. The van der Waals surface area contributed by atoms with Gasteiger partial charge in [-0.05, 0) is 31.5 Å². The lowest BCUT2D eigenvalue weighted by Crippen LogP contribution is -2.02. The first kappa shape index (κ1) is 13.0. The minimum Gasteiger partial charge on any atom is -0.467 e. The van der Waals surface area contributed by atoms with Crippen molar-refractivity contribution >= 4 is 5.69 Å². The average molecular weight is 262 g/mol. The molecule has 0 spiro atoms. The van der Waals surface area contributed by atoms with Crippen LogP contribution in [0.4, 0.5) is 5.69 Å². The highest BCUT2D eigenvalue weighted by atomic mass is 16.6. The molecule has 0 aliphatic carbocycles. The third-order valence-electron chi connectivity index (χ3n) is 2.53. The molecule has 0 aliphatic heterocycles. The van der Waals surface area contributed by atoms with Gasteiger partial charge in [-0.2, -0.15) is 0 Å². The highest BCUT2D eigenvalue weighted by Gasteiger charge is 2.22. The molecule has 0 unspecified atom stereocenters. The van der Waals surface area contributed by atoms with E-state index in [1.807, 2.05) is 13.8 Å². The van der Waals surface area contributed by atoms with E-state index in [4.69, 9.17) is 4.74 Å². The van der Waals surface area contributed by atoms with Gasteiger partial charge < -0.3 is 4.74 Å². The maximum absolute atomic E-state index is 10.9. The van der Waals surface area contributed by atoms with Crippen LogP contribution in [0.3, 0.4) is 0 Å². The summed E-state index contributed by atoms with van der Waals surface area (Å²) in [6, 6.07) is 3.60. The van der Waals surface area contributed by atoms with Gasteiger partial charge in [0.2, 0.25) is 0 Å². The molecule has 7 heteroatoms. The fourth-order valence-corrected chi connectivity index (χ4v) is 1.49. The Labute approximate surface area is 110 Å². The molecule has 2 aromatic rings. The van der Waals surface area contributed by atoms with Crippen LogP contribution in [-0.4, -0.2) is 19.7 Å². The molecule has 19 heavy (non-hydrogen) atoms. The summed E-state index contributed by atoms with van der Waals surface area (Å²) in [5.74, 6) is 0.0375. The molecule has 100 valence electrons. The first-order valence-electron chi connectivity index (χ1n) is 5.83. The van der Waals surface area contributed by atoms with Gasteiger partial charge in [-0.3, -0.25) is 19.8 Å². The van der Waals surface area contributed by atoms with Gasteiger partial charge in [0.15, 0.2) is 0 Å². The zero-order valence-corrected chi connectivity index (χ0v) is 10.7. The molecule has 2 rings (SSSR count). The minimum atomic E-state index is -0.492. The van der Waals surface area contributed by atoms with Gasteiger partial charge in [0.1, 0.15) is 12.8 Å². The predicted octanol–water partition coefficient (Wildman–Crippen LogP) is 2.35. The molecule has 0 bridgehead atoms. The van der Waals surface area contributed by atoms with Crippen LogP contribution in [0.2, 0.25) is 0 Å². The Bertz CT molecular complexity index is 566. The van der Waals surface area contributed by atoms with E-state index in [0.29, 0.717) is 0 Å². The summed E-state index contributed by atoms with van der Waals surface area (Å²) in [4.78, 5) is 14.3. The fraction of sp³-hybridized carbons (Fsp3) is 0.333. The van der Waals surface area contributed by atoms with Gasteiger partial charge in [-0.25, -0.2) is 0 Å². The zero-order valence-electron chi connectivity index (χ0n) is 10.7. The summed E-state index contributed by atoms with van der Waals surface area (Å²) in [6.07, 6.45) is 4.66. The van der Waals surface area contributed by atoms with Crippen LogP contribution in [0, 0.1) is 10.1 Å². The van der Waals surface area contributed by atoms with Gasteiger partial charge in [0, 0.05) is 18.4 Å². The molecule has 2 aromatic heterocycles. The Morgan fingerprint density at radius 2 is 2.11 bits per heavy atom. The van der Waals surface area contributed by atoms with Crippen molar-refractivity contribution in [3.05, 3.63) is 46.4 Å². The highest BCUT2D eigenvalue weighted by molar-refractivity contribution is 5.38. The molecule has 0 aliphatic rings. The van der Waals surface area contributed by atoms with Crippen molar-refractivity contribution in [2.75, 3.05) is 0 Å². The van der Waals surface area contributed by atoms with E-state index in [-0.39, 0.29) is 24.2 Å². The van der Waals surface area contributed by atoms with Crippen LogP contribution in [0.5, 0.6) is 5.88 Å². The summed E-state index contributed by atoms with van der Waals surface area (Å²) in [7, 11) is 0. The predicted molar refractivity (Wildman–Crippen MR) is 67.8 cm³/mol. The van der Waals surface area contributed by atoms with Gasteiger partial charge >= 0.3 is 11.6 Å². The first-order valence-corrected chi connectivity index (χ1v) is 5.83. The van der Waals surface area contributed by atoms with Crippen molar-refractivity contribution in [1.82, 2.24) is 14.8 Å². The van der Waals surface area contributed by atoms with Crippen LogP contribution < -0.4 is 4.74 Å². The lowest BCUT2D eigenvalue weighted by molar-refractivity contribution is -0.386. The molecule has 0 atom stereocenters. The first-order chi connectivity index (χ1) is 9.08. The molecular formula is C12H14N4O3. The van der Waals surface area contributed by atoms with E-state index in [1.54, 1.807) is 24.5 Å². The Hall–Kier alpha value is -2.44. The average Bonchev–Trinajstić information content (AvgIpc) is 2.82. The maximum Gasteiger partial charge on any atom is 0.350 e. The van der Waals surface area contributed by atoms with Crippen molar-refractivity contribution in [3.63, 3.8) is 0 Å². The molecular weight excluding hydrogens is 248 g/mol. The highest BCUT2D eigenvalue weighted by Crippen LogP contribution is 2.26. The second-order valence-corrected chi connectivity index (χ2v) is 4.29. The zero-order chi connectivity index (χ0) is 13.8. The summed E-state index contributed by atoms with van der Waals surface area (Å²) < 4.78 is 6.93. The van der Waals surface area contributed by atoms with Crippen LogP contribution in [0.15, 0.2) is 30.7 Å². The Morgan fingerprint density at radius 3 is 2.68 bits per heavy atom. The van der Waals surface area contributed by atoms with Crippen LogP contribution >= 0.6 is 0 Å². The fourth-order valence-electron chi connectivity index (χ4n) is 1.49. The van der Waals surface area contributed by atoms with Crippen LogP contribution in [-0.2, 0) is 6.61 Å². The van der Waals surface area contributed by atoms with Crippen molar-refractivity contribution < 1.29 is 9.66 Å². The molecule has 0 fully saturated rings. The van der Waals surface area contributed by atoms with Gasteiger partial charge in [-0.15, -0.1) is 5.10 Å². The second kappa shape index (κ2) is 5.47. The molecule has 0 saturated heterocycles. The van der Waals surface area contributed by atoms with Crippen LogP contribution in [0.25, 0.3) is 0 Å². The van der Waals surface area contributed by atoms with E-state index < -0.39 is 4.92 Å². The number of pyridine rings is 1. The number of hydrogen-bond acceptors (Lipinski definition) is 5. The monoisotopic (exact) mass is 262 g/mol. The molecule has 0 aromatic carbocycles. The SMILES string of the molecule is CC(C)n1cc([N+](=O)[O-])c(OCc2ccncc2)n1. The lowest BCUT2D eigenvalue weighted by atomic mass is 10.3. The summed E-state index contributed by atoms with van der Waals surface area (Å²) in [5.41, 5.74) is 0.756. The molecule has 0 radical (unpaired) electrons. The number of aromatic nitrogens is 3. The molecule has 2 heterocycles. The Balaban J connectivity index is 2.17. The minimum absolute atomic E-state index is 0.0375. The van der Waals surface area contributed by atoms with Gasteiger partial charge in [0.05, 0.1) is 4.92 Å². The van der Waals surface area contributed by atoms with E-state index in [9.17, 15) is 10.1 Å². The summed E-state index contributed by atoms with van der Waals surface area (Å²) in [6.45, 7) is 4.01. The van der Waals surface area contributed by atoms with Crippen molar-refractivity contribution in [2.45, 2.75) is 26.5 Å². The van der Waals surface area contributed by atoms with E-state index >= 15 is 0 Å². The number of rotatable bonds is 5. The van der Waals surface area contributed by atoms with Gasteiger partial charge in [-0.1, -0.05) is 0 Å². The third kappa shape index (κ3) is 3.06. The standard InChI is InChI=1S/C12H14N4O3/c1-9(2)15-7-11(16(17)18)12(14-15)19-8-10-3-5-13-6-4-10/h3-7,9H,8H2,1-2H3. The van der Waals surface area contributed by atoms with E-state index in [0.717, 1.165) is 5.56 Å². The number of hydrogen-bond donors (Lipinski definition) is 0. The number of nitro groups is 1. The van der Waals surface area contributed by atoms with E-state index in [2.05, 4.69) is 10.1 Å². The van der Waals surface area contributed by atoms with Crippen molar-refractivity contribution in [3.8, 4) is 5.88 Å². The van der Waals surface area contributed by atoms with Crippen molar-refractivity contribution in [2.24, 2.45) is 0 Å². The normalized spacial score (nSPS) is 10.7. The van der Waals surface area contributed by atoms with Gasteiger partial charge in [0.25, 0.3) is 0 Å². The summed E-state index contributed by atoms with van der Waals surface area (Å²) in [5, 5.41) is 15.0. The van der Waals surface area contributed by atoms with E-state index in [1.165, 1.54) is 10.9 Å². The largest absolute Gasteiger partial charge is 0.467 e. The maximum atomic E-state index is 10.9. The van der Waals surface area contributed by atoms with Crippen LogP contribution in [0.1, 0.15) is 25.5 Å². The molecule has 0 amide bonds. The van der Waals surface area contributed by atoms with Crippen molar-refractivity contribution in [1.29, 1.82) is 0 Å². The Kier molecular flexibility index (Phi) is 3.74. The Morgan fingerprint density at radius 1 is 1.42 bits per heavy atom. The number of nitrogens with zero attached hydrogens (tertiary/aromatic N) is 4. The number of ether oxygens (including phenoxy) is 1.